The maximum absolute atomic E-state index is 13.3. The SMILES string of the molecule is CCN(CC)C(=O)[C@@H](NC(=O)c1ccc2c(c1)OCO2)C1CCN(C(=O)NC(C)C)CC1. The van der Waals surface area contributed by atoms with Crippen LogP contribution < -0.4 is 20.1 Å². The number of amides is 4. The van der Waals surface area contributed by atoms with E-state index in [4.69, 9.17) is 9.47 Å². The van der Waals surface area contributed by atoms with E-state index in [2.05, 4.69) is 10.6 Å². The summed E-state index contributed by atoms with van der Waals surface area (Å²) >= 11 is 0. The van der Waals surface area contributed by atoms with Crippen molar-refractivity contribution >= 4 is 17.8 Å². The fraction of sp³-hybridized carbons (Fsp3) is 0.609. The zero-order chi connectivity index (χ0) is 23.3. The first-order chi connectivity index (χ1) is 15.3. The van der Waals surface area contributed by atoms with Crippen molar-refractivity contribution in [3.05, 3.63) is 23.8 Å². The molecule has 1 fully saturated rings. The standard InChI is InChI=1S/C23H34N4O5/c1-5-26(6-2)22(29)20(16-9-11-27(12-10-16)23(30)24-15(3)4)25-21(28)17-7-8-18-19(13-17)32-14-31-18/h7-8,13,15-16,20H,5-6,9-12,14H2,1-4H3,(H,24,30)(H,25,28)/t20-/m0/s1. The van der Waals surface area contributed by atoms with E-state index in [1.54, 1.807) is 28.0 Å². The Balaban J connectivity index is 1.72. The number of nitrogens with zero attached hydrogens (tertiary/aromatic N) is 2. The van der Waals surface area contributed by atoms with E-state index in [1.165, 1.54) is 0 Å². The highest BCUT2D eigenvalue weighted by Crippen LogP contribution is 2.32. The summed E-state index contributed by atoms with van der Waals surface area (Å²) in [5.41, 5.74) is 0.417. The smallest absolute Gasteiger partial charge is 0.317 e. The van der Waals surface area contributed by atoms with Crippen LogP contribution in [-0.2, 0) is 4.79 Å². The van der Waals surface area contributed by atoms with Gasteiger partial charge in [-0.25, -0.2) is 4.79 Å². The van der Waals surface area contributed by atoms with Gasteiger partial charge in [-0.2, -0.15) is 0 Å². The van der Waals surface area contributed by atoms with Gasteiger partial charge in [-0.1, -0.05) is 0 Å². The van der Waals surface area contributed by atoms with E-state index in [0.717, 1.165) is 0 Å². The van der Waals surface area contributed by atoms with Crippen LogP contribution in [0.2, 0.25) is 0 Å². The molecule has 9 nitrogen and oxygen atoms in total. The molecule has 2 aliphatic rings. The number of benzene rings is 1. The maximum Gasteiger partial charge on any atom is 0.317 e. The second-order valence-electron chi connectivity index (χ2n) is 8.46. The summed E-state index contributed by atoms with van der Waals surface area (Å²) in [6.07, 6.45) is 1.29. The lowest BCUT2D eigenvalue weighted by atomic mass is 9.88. The number of likely N-dealkylation sites (N-methyl/N-ethyl adjacent to an activating group) is 1. The zero-order valence-electron chi connectivity index (χ0n) is 19.3. The van der Waals surface area contributed by atoms with Crippen molar-refractivity contribution in [3.63, 3.8) is 0 Å². The molecule has 2 N–H and O–H groups in total. The normalized spacial score (nSPS) is 16.6. The molecule has 2 heterocycles. The fourth-order valence-electron chi connectivity index (χ4n) is 4.15. The van der Waals surface area contributed by atoms with Crippen LogP contribution in [-0.4, -0.2) is 72.7 Å². The first-order valence-electron chi connectivity index (χ1n) is 11.4. The summed E-state index contributed by atoms with van der Waals surface area (Å²) in [5, 5.41) is 5.88. The summed E-state index contributed by atoms with van der Waals surface area (Å²) in [6, 6.07) is 4.33. The van der Waals surface area contributed by atoms with Gasteiger partial charge in [-0.3, -0.25) is 9.59 Å². The predicted molar refractivity (Wildman–Crippen MR) is 120 cm³/mol. The third-order valence-electron chi connectivity index (χ3n) is 5.97. The number of rotatable bonds is 7. The van der Waals surface area contributed by atoms with E-state index in [-0.39, 0.29) is 36.6 Å². The Morgan fingerprint density at radius 2 is 1.72 bits per heavy atom. The van der Waals surface area contributed by atoms with Crippen LogP contribution in [0.3, 0.4) is 0 Å². The molecular weight excluding hydrogens is 412 g/mol. The summed E-state index contributed by atoms with van der Waals surface area (Å²) in [7, 11) is 0. The Morgan fingerprint density at radius 3 is 2.34 bits per heavy atom. The van der Waals surface area contributed by atoms with Gasteiger partial charge in [-0.15, -0.1) is 0 Å². The Hall–Kier alpha value is -2.97. The first-order valence-corrected chi connectivity index (χ1v) is 11.4. The third-order valence-corrected chi connectivity index (χ3v) is 5.97. The zero-order valence-corrected chi connectivity index (χ0v) is 19.3. The minimum Gasteiger partial charge on any atom is -0.454 e. The Labute approximate surface area is 189 Å². The molecule has 3 rings (SSSR count). The lowest BCUT2D eigenvalue weighted by Crippen LogP contribution is -2.55. The average Bonchev–Trinajstić information content (AvgIpc) is 3.25. The molecule has 0 spiro atoms. The molecule has 1 atom stereocenters. The van der Waals surface area contributed by atoms with Crippen molar-refractivity contribution in [1.82, 2.24) is 20.4 Å². The second-order valence-corrected chi connectivity index (χ2v) is 8.46. The van der Waals surface area contributed by atoms with Gasteiger partial charge in [0.05, 0.1) is 0 Å². The maximum atomic E-state index is 13.3. The number of carbonyl (C=O) groups is 3. The van der Waals surface area contributed by atoms with Crippen LogP contribution in [0.1, 0.15) is 50.9 Å². The van der Waals surface area contributed by atoms with Gasteiger partial charge in [0.25, 0.3) is 5.91 Å². The van der Waals surface area contributed by atoms with Crippen LogP contribution in [0.4, 0.5) is 4.79 Å². The van der Waals surface area contributed by atoms with Gasteiger partial charge in [0.2, 0.25) is 12.7 Å². The minimum absolute atomic E-state index is 0.0517. The first kappa shape index (κ1) is 23.7. The van der Waals surface area contributed by atoms with E-state index in [1.807, 2.05) is 27.7 Å². The average molecular weight is 447 g/mol. The number of likely N-dealkylation sites (tertiary alicyclic amines) is 1. The summed E-state index contributed by atoms with van der Waals surface area (Å²) in [5.74, 6) is 0.658. The number of fused-ring (bicyclic) bond motifs is 1. The summed E-state index contributed by atoms with van der Waals surface area (Å²) in [6.45, 7) is 10.1. The van der Waals surface area contributed by atoms with Gasteiger partial charge in [0.1, 0.15) is 6.04 Å². The van der Waals surface area contributed by atoms with Crippen LogP contribution in [0, 0.1) is 5.92 Å². The second kappa shape index (κ2) is 10.6. The van der Waals surface area contributed by atoms with Crippen LogP contribution in [0.15, 0.2) is 18.2 Å². The Morgan fingerprint density at radius 1 is 1.06 bits per heavy atom. The lowest BCUT2D eigenvalue weighted by molar-refractivity contribution is -0.134. The molecule has 4 amide bonds. The van der Waals surface area contributed by atoms with Gasteiger partial charge in [-0.05, 0) is 64.7 Å². The number of nitrogens with one attached hydrogen (secondary N) is 2. The van der Waals surface area contributed by atoms with Gasteiger partial charge >= 0.3 is 6.03 Å². The highest BCUT2D eigenvalue weighted by molar-refractivity contribution is 5.98. The molecular formula is C23H34N4O5. The van der Waals surface area contributed by atoms with Crippen molar-refractivity contribution < 1.29 is 23.9 Å². The monoisotopic (exact) mass is 446 g/mol. The molecule has 0 bridgehead atoms. The molecule has 1 aromatic carbocycles. The number of piperidine rings is 1. The van der Waals surface area contributed by atoms with Gasteiger partial charge in [0.15, 0.2) is 11.5 Å². The van der Waals surface area contributed by atoms with E-state index in [0.29, 0.717) is 56.1 Å². The number of ether oxygens (including phenoxy) is 2. The molecule has 1 aromatic rings. The van der Waals surface area contributed by atoms with E-state index >= 15 is 0 Å². The lowest BCUT2D eigenvalue weighted by Gasteiger charge is -2.37. The number of hydrogen-bond donors (Lipinski definition) is 2. The molecule has 0 aliphatic carbocycles. The summed E-state index contributed by atoms with van der Waals surface area (Å²) in [4.78, 5) is 42.2. The van der Waals surface area contributed by atoms with Crippen molar-refractivity contribution in [3.8, 4) is 11.5 Å². The predicted octanol–water partition coefficient (Wildman–Crippen LogP) is 2.21. The molecule has 1 saturated heterocycles. The molecule has 32 heavy (non-hydrogen) atoms. The van der Waals surface area contributed by atoms with Crippen LogP contribution in [0.25, 0.3) is 0 Å². The number of carbonyl (C=O) groups excluding carboxylic acids is 3. The molecule has 0 radical (unpaired) electrons. The van der Waals surface area contributed by atoms with E-state index in [9.17, 15) is 14.4 Å². The van der Waals surface area contributed by atoms with E-state index < -0.39 is 6.04 Å². The molecule has 9 heteroatoms. The Kier molecular flexibility index (Phi) is 7.82. The molecule has 176 valence electrons. The molecule has 0 aromatic heterocycles. The summed E-state index contributed by atoms with van der Waals surface area (Å²) < 4.78 is 10.7. The largest absolute Gasteiger partial charge is 0.454 e. The van der Waals surface area contributed by atoms with Crippen molar-refractivity contribution in [1.29, 1.82) is 0 Å². The van der Waals surface area contributed by atoms with Crippen molar-refractivity contribution in [2.45, 2.75) is 52.6 Å². The van der Waals surface area contributed by atoms with Crippen molar-refractivity contribution in [2.24, 2.45) is 5.92 Å². The number of urea groups is 1. The van der Waals surface area contributed by atoms with Crippen LogP contribution >= 0.6 is 0 Å². The molecule has 2 aliphatic heterocycles. The number of hydrogen-bond acceptors (Lipinski definition) is 5. The van der Waals surface area contributed by atoms with Crippen molar-refractivity contribution in [2.75, 3.05) is 33.0 Å². The topological polar surface area (TPSA) is 100 Å². The van der Waals surface area contributed by atoms with Gasteiger partial charge in [0, 0.05) is 37.8 Å². The van der Waals surface area contributed by atoms with Crippen LogP contribution in [0.5, 0.6) is 11.5 Å². The highest BCUT2D eigenvalue weighted by atomic mass is 16.7. The molecule has 0 unspecified atom stereocenters. The molecule has 0 saturated carbocycles. The minimum atomic E-state index is -0.650. The van der Waals surface area contributed by atoms with Gasteiger partial charge < -0.3 is 29.9 Å². The third kappa shape index (κ3) is 5.44. The highest BCUT2D eigenvalue weighted by Gasteiger charge is 2.36. The fourth-order valence-corrected chi connectivity index (χ4v) is 4.15. The quantitative estimate of drug-likeness (QED) is 0.669. The Bertz CT molecular complexity index is 832.